The van der Waals surface area contributed by atoms with Crippen molar-refractivity contribution in [2.24, 2.45) is 0 Å². The van der Waals surface area contributed by atoms with Gasteiger partial charge in [0.1, 0.15) is 5.82 Å². The van der Waals surface area contributed by atoms with Crippen LogP contribution in [0.2, 0.25) is 0 Å². The molecule has 0 saturated carbocycles. The van der Waals surface area contributed by atoms with Crippen molar-refractivity contribution >= 4 is 22.6 Å². The first-order chi connectivity index (χ1) is 15.8. The van der Waals surface area contributed by atoms with E-state index in [9.17, 15) is 4.79 Å². The van der Waals surface area contributed by atoms with Crippen LogP contribution >= 0.6 is 11.5 Å². The van der Waals surface area contributed by atoms with Gasteiger partial charge >= 0.3 is 0 Å². The molecule has 168 valence electrons. The minimum absolute atomic E-state index is 0.00556. The summed E-state index contributed by atoms with van der Waals surface area (Å²) in [5.74, 6) is 0.774. The molecule has 2 aromatic carbocycles. The molecule has 1 fully saturated rings. The van der Waals surface area contributed by atoms with Crippen LogP contribution in [-0.2, 0) is 22.5 Å². The largest absolute Gasteiger partial charge is 0.379 e. The maximum Gasteiger partial charge on any atom is 0.239 e. The van der Waals surface area contributed by atoms with Gasteiger partial charge in [0.25, 0.3) is 0 Å². The van der Waals surface area contributed by atoms with E-state index in [0.29, 0.717) is 19.5 Å². The summed E-state index contributed by atoms with van der Waals surface area (Å²) in [6.45, 7) is 5.70. The number of hydrogen-bond acceptors (Lipinski definition) is 7. The van der Waals surface area contributed by atoms with Gasteiger partial charge in [0.15, 0.2) is 0 Å². The first kappa shape index (κ1) is 22.4. The van der Waals surface area contributed by atoms with Crippen LogP contribution in [0, 0.1) is 0 Å². The van der Waals surface area contributed by atoms with Crippen molar-refractivity contribution < 1.29 is 9.53 Å². The van der Waals surface area contributed by atoms with E-state index < -0.39 is 0 Å². The molecule has 0 spiro atoms. The fourth-order valence-corrected chi connectivity index (χ4v) is 4.31. The summed E-state index contributed by atoms with van der Waals surface area (Å²) < 4.78 is 9.92. The third kappa shape index (κ3) is 6.85. The van der Waals surface area contributed by atoms with Gasteiger partial charge in [-0.05, 0) is 11.1 Å². The summed E-state index contributed by atoms with van der Waals surface area (Å²) in [7, 11) is 0. The van der Waals surface area contributed by atoms with Crippen LogP contribution in [0.25, 0.3) is 0 Å². The summed E-state index contributed by atoms with van der Waals surface area (Å²) in [6, 6.07) is 20.3. The van der Waals surface area contributed by atoms with Crippen LogP contribution in [0.4, 0.5) is 5.13 Å². The quantitative estimate of drug-likeness (QED) is 0.511. The van der Waals surface area contributed by atoms with E-state index >= 15 is 0 Å². The van der Waals surface area contributed by atoms with Crippen LogP contribution in [0.5, 0.6) is 0 Å². The number of anilines is 1. The number of benzene rings is 2. The number of hydrogen-bond donors (Lipinski definition) is 1. The number of nitrogens with one attached hydrogen (secondary N) is 1. The van der Waals surface area contributed by atoms with Crippen LogP contribution in [0.1, 0.15) is 17.0 Å². The molecule has 1 aliphatic heterocycles. The topological polar surface area (TPSA) is 70.6 Å². The maximum absolute atomic E-state index is 12.7. The summed E-state index contributed by atoms with van der Waals surface area (Å²) in [4.78, 5) is 21.8. The second kappa shape index (κ2) is 11.7. The van der Waals surface area contributed by atoms with Crippen molar-refractivity contribution in [2.75, 3.05) is 50.8 Å². The number of ether oxygens (including phenoxy) is 1. The van der Waals surface area contributed by atoms with Crippen LogP contribution < -0.4 is 10.2 Å². The predicted octanol–water partition coefficient (Wildman–Crippen LogP) is 2.58. The van der Waals surface area contributed by atoms with Crippen LogP contribution in [0.15, 0.2) is 60.7 Å². The van der Waals surface area contributed by atoms with Gasteiger partial charge < -0.3 is 15.0 Å². The highest BCUT2D eigenvalue weighted by Gasteiger charge is 2.17. The Labute approximate surface area is 193 Å². The fourth-order valence-electron chi connectivity index (χ4n) is 3.63. The average Bonchev–Trinajstić information content (AvgIpc) is 3.29. The highest BCUT2D eigenvalue weighted by molar-refractivity contribution is 7.09. The minimum atomic E-state index is -0.00556. The first-order valence-electron chi connectivity index (χ1n) is 11.0. The number of amides is 1. The highest BCUT2D eigenvalue weighted by Crippen LogP contribution is 2.21. The van der Waals surface area contributed by atoms with E-state index in [4.69, 9.17) is 9.72 Å². The van der Waals surface area contributed by atoms with E-state index in [-0.39, 0.29) is 12.5 Å². The number of nitrogens with zero attached hydrogens (tertiary/aromatic N) is 4. The first-order valence-corrected chi connectivity index (χ1v) is 11.8. The Morgan fingerprint density at radius 1 is 1.03 bits per heavy atom. The van der Waals surface area contributed by atoms with Crippen molar-refractivity contribution in [1.29, 1.82) is 0 Å². The number of aromatic nitrogens is 2. The predicted molar refractivity (Wildman–Crippen MR) is 127 cm³/mol. The minimum Gasteiger partial charge on any atom is -0.379 e. The molecular weight excluding hydrogens is 422 g/mol. The Bertz CT molecular complexity index is 961. The number of carbonyl (C=O) groups is 1. The van der Waals surface area contributed by atoms with Gasteiger partial charge in [-0.2, -0.15) is 4.37 Å². The van der Waals surface area contributed by atoms with E-state index in [0.717, 1.165) is 49.4 Å². The second-order valence-corrected chi connectivity index (χ2v) is 8.53. The lowest BCUT2D eigenvalue weighted by molar-refractivity contribution is -0.119. The van der Waals surface area contributed by atoms with Crippen molar-refractivity contribution in [3.8, 4) is 0 Å². The molecule has 0 radical (unpaired) electrons. The van der Waals surface area contributed by atoms with Gasteiger partial charge in [0, 0.05) is 50.7 Å². The summed E-state index contributed by atoms with van der Waals surface area (Å²) in [5, 5.41) is 3.82. The van der Waals surface area contributed by atoms with Gasteiger partial charge in [0.05, 0.1) is 19.8 Å². The Kier molecular flexibility index (Phi) is 8.19. The summed E-state index contributed by atoms with van der Waals surface area (Å²) in [5.41, 5.74) is 2.31. The lowest BCUT2D eigenvalue weighted by atomic mass is 10.1. The lowest BCUT2D eigenvalue weighted by Crippen LogP contribution is -2.43. The molecule has 3 aromatic rings. The Balaban J connectivity index is 1.37. The van der Waals surface area contributed by atoms with Crippen molar-refractivity contribution in [1.82, 2.24) is 19.6 Å². The van der Waals surface area contributed by atoms with Crippen molar-refractivity contribution in [3.05, 3.63) is 77.6 Å². The zero-order valence-electron chi connectivity index (χ0n) is 18.2. The molecule has 32 heavy (non-hydrogen) atoms. The zero-order valence-corrected chi connectivity index (χ0v) is 19.0. The molecule has 1 saturated heterocycles. The molecule has 8 heteroatoms. The smallest absolute Gasteiger partial charge is 0.239 e. The van der Waals surface area contributed by atoms with Gasteiger partial charge in [-0.15, -0.1) is 0 Å². The number of rotatable bonds is 10. The van der Waals surface area contributed by atoms with Crippen LogP contribution in [-0.4, -0.2) is 66.1 Å². The number of morpholine rings is 1. The molecule has 0 unspecified atom stereocenters. The molecule has 0 atom stereocenters. The van der Waals surface area contributed by atoms with Gasteiger partial charge in [0.2, 0.25) is 11.0 Å². The van der Waals surface area contributed by atoms with E-state index in [1.165, 1.54) is 17.1 Å². The van der Waals surface area contributed by atoms with Gasteiger partial charge in [-0.1, -0.05) is 60.7 Å². The fraction of sp³-hybridized carbons (Fsp3) is 0.375. The SMILES string of the molecule is O=C(CN(Cc1ccccc1)c1nc(Cc2ccccc2)ns1)NCCN1CCOCC1. The highest BCUT2D eigenvalue weighted by atomic mass is 32.1. The Hall–Kier alpha value is -2.81. The molecule has 0 aliphatic carbocycles. The molecule has 1 amide bonds. The Morgan fingerprint density at radius 2 is 1.72 bits per heavy atom. The van der Waals surface area contributed by atoms with Crippen molar-refractivity contribution in [3.63, 3.8) is 0 Å². The lowest BCUT2D eigenvalue weighted by Gasteiger charge is -2.26. The molecule has 1 aliphatic rings. The van der Waals surface area contributed by atoms with Gasteiger partial charge in [-0.3, -0.25) is 9.69 Å². The molecule has 1 aromatic heterocycles. The van der Waals surface area contributed by atoms with Crippen molar-refractivity contribution in [2.45, 2.75) is 13.0 Å². The third-order valence-corrected chi connectivity index (χ3v) is 6.15. The second-order valence-electron chi connectivity index (χ2n) is 7.80. The summed E-state index contributed by atoms with van der Waals surface area (Å²) in [6.07, 6.45) is 0.683. The molecule has 1 N–H and O–H groups in total. The zero-order chi connectivity index (χ0) is 22.0. The van der Waals surface area contributed by atoms with E-state index in [2.05, 4.69) is 38.9 Å². The monoisotopic (exact) mass is 451 g/mol. The maximum atomic E-state index is 12.7. The van der Waals surface area contributed by atoms with Gasteiger partial charge in [-0.25, -0.2) is 4.98 Å². The normalized spacial score (nSPS) is 14.2. The summed E-state index contributed by atoms with van der Waals surface area (Å²) >= 11 is 1.35. The number of carbonyl (C=O) groups excluding carboxylic acids is 1. The Morgan fingerprint density at radius 3 is 2.44 bits per heavy atom. The average molecular weight is 452 g/mol. The van der Waals surface area contributed by atoms with E-state index in [1.54, 1.807) is 0 Å². The molecule has 2 heterocycles. The third-order valence-electron chi connectivity index (χ3n) is 5.34. The molecule has 0 bridgehead atoms. The standard InChI is InChI=1S/C24H29N5O2S/c30-23(25-11-12-28-13-15-31-16-14-28)19-29(18-21-9-5-2-6-10-21)24-26-22(27-32-24)17-20-7-3-1-4-8-20/h1-10H,11-19H2,(H,25,30). The van der Waals surface area contributed by atoms with E-state index in [1.807, 2.05) is 41.3 Å². The molecular formula is C24H29N5O2S. The molecule has 4 rings (SSSR count). The molecule has 7 nitrogen and oxygen atoms in total. The van der Waals surface area contributed by atoms with Crippen LogP contribution in [0.3, 0.4) is 0 Å².